The van der Waals surface area contributed by atoms with E-state index in [1.807, 2.05) is 13.8 Å². The molecule has 1 aromatic carbocycles. The molecule has 132 valence electrons. The maximum atomic E-state index is 13.6. The summed E-state index contributed by atoms with van der Waals surface area (Å²) >= 11 is 0. The number of rotatable bonds is 7. The van der Waals surface area contributed by atoms with Crippen LogP contribution in [0.1, 0.15) is 30.6 Å². The van der Waals surface area contributed by atoms with E-state index < -0.39 is 22.3 Å². The minimum atomic E-state index is -0.789. The number of carbonyl (C=O) groups excluding carboxylic acids is 1. The second-order valence-corrected chi connectivity index (χ2v) is 5.19. The molecule has 0 fully saturated rings. The maximum Gasteiger partial charge on any atom is 0.354 e. The van der Waals surface area contributed by atoms with E-state index in [4.69, 9.17) is 0 Å². The van der Waals surface area contributed by atoms with Gasteiger partial charge in [0.05, 0.1) is 10.5 Å². The van der Waals surface area contributed by atoms with Crippen molar-refractivity contribution in [3.05, 3.63) is 52.1 Å². The second-order valence-electron chi connectivity index (χ2n) is 5.19. The summed E-state index contributed by atoms with van der Waals surface area (Å²) < 4.78 is 13.6. The molecule has 1 unspecified atom stereocenters. The molecule has 0 saturated carbocycles. The van der Waals surface area contributed by atoms with Gasteiger partial charge in [0, 0.05) is 6.04 Å². The summed E-state index contributed by atoms with van der Waals surface area (Å²) in [6.45, 7) is 3.76. The largest absolute Gasteiger partial charge is 0.362 e. The van der Waals surface area contributed by atoms with Crippen molar-refractivity contribution >= 4 is 23.2 Å². The normalized spacial score (nSPS) is 11.5. The lowest BCUT2D eigenvalue weighted by molar-refractivity contribution is -0.383. The van der Waals surface area contributed by atoms with Crippen molar-refractivity contribution in [3.8, 4) is 0 Å². The fraction of sp³-hybridized carbons (Fsp3) is 0.267. The van der Waals surface area contributed by atoms with Gasteiger partial charge in [-0.05, 0) is 25.5 Å². The van der Waals surface area contributed by atoms with Crippen molar-refractivity contribution in [2.75, 3.05) is 10.7 Å². The van der Waals surface area contributed by atoms with Crippen molar-refractivity contribution in [2.24, 2.45) is 0 Å². The first-order valence-electron chi connectivity index (χ1n) is 7.50. The summed E-state index contributed by atoms with van der Waals surface area (Å²) in [5.41, 5.74) is 3.92. The Balaban J connectivity index is 2.21. The number of benzene rings is 1. The van der Waals surface area contributed by atoms with Gasteiger partial charge in [-0.2, -0.15) is 0 Å². The van der Waals surface area contributed by atoms with Gasteiger partial charge in [-0.15, -0.1) is 0 Å². The van der Waals surface area contributed by atoms with E-state index in [0.29, 0.717) is 0 Å². The van der Waals surface area contributed by atoms with Gasteiger partial charge in [0.25, 0.3) is 5.91 Å². The minimum absolute atomic E-state index is 0.0250. The first-order chi connectivity index (χ1) is 11.9. The van der Waals surface area contributed by atoms with Crippen LogP contribution in [-0.2, 0) is 0 Å². The molecule has 0 aliphatic rings. The van der Waals surface area contributed by atoms with E-state index in [9.17, 15) is 19.3 Å². The number of anilines is 2. The van der Waals surface area contributed by atoms with Gasteiger partial charge in [-0.25, -0.2) is 14.4 Å². The summed E-state index contributed by atoms with van der Waals surface area (Å²) in [4.78, 5) is 30.3. The molecule has 3 N–H and O–H groups in total. The van der Waals surface area contributed by atoms with E-state index in [2.05, 4.69) is 26.1 Å². The summed E-state index contributed by atoms with van der Waals surface area (Å²) in [5.74, 6) is -1.69. The molecule has 25 heavy (non-hydrogen) atoms. The first kappa shape index (κ1) is 18.0. The zero-order valence-electron chi connectivity index (χ0n) is 13.6. The zero-order chi connectivity index (χ0) is 18.4. The van der Waals surface area contributed by atoms with Gasteiger partial charge >= 0.3 is 5.69 Å². The molecule has 2 rings (SSSR count). The number of nitrogens with one attached hydrogen (secondary N) is 3. The highest BCUT2D eigenvalue weighted by molar-refractivity contribution is 5.95. The first-order valence-corrected chi connectivity index (χ1v) is 7.50. The maximum absolute atomic E-state index is 13.6. The Bertz CT molecular complexity index is 786. The summed E-state index contributed by atoms with van der Waals surface area (Å²) in [6, 6.07) is 5.32. The molecule has 1 heterocycles. The molecule has 0 aliphatic carbocycles. The van der Waals surface area contributed by atoms with Crippen molar-refractivity contribution in [1.29, 1.82) is 0 Å². The third kappa shape index (κ3) is 4.37. The van der Waals surface area contributed by atoms with Crippen LogP contribution in [-0.4, -0.2) is 26.8 Å². The van der Waals surface area contributed by atoms with Crippen LogP contribution < -0.4 is 16.2 Å². The van der Waals surface area contributed by atoms with E-state index >= 15 is 0 Å². The number of amides is 1. The second kappa shape index (κ2) is 7.99. The Labute approximate surface area is 142 Å². The van der Waals surface area contributed by atoms with Crippen molar-refractivity contribution in [1.82, 2.24) is 15.4 Å². The average molecular weight is 348 g/mol. The van der Waals surface area contributed by atoms with Crippen LogP contribution in [0.15, 0.2) is 30.6 Å². The van der Waals surface area contributed by atoms with Gasteiger partial charge in [0.2, 0.25) is 11.6 Å². The van der Waals surface area contributed by atoms with E-state index in [-0.39, 0.29) is 23.2 Å². The average Bonchev–Trinajstić information content (AvgIpc) is 2.59. The van der Waals surface area contributed by atoms with Gasteiger partial charge in [0.15, 0.2) is 0 Å². The van der Waals surface area contributed by atoms with Crippen molar-refractivity contribution < 1.29 is 14.1 Å². The molecule has 2 aromatic rings. The third-order valence-corrected chi connectivity index (χ3v) is 3.41. The van der Waals surface area contributed by atoms with Crippen LogP contribution in [0.5, 0.6) is 0 Å². The highest BCUT2D eigenvalue weighted by atomic mass is 19.1. The smallest absolute Gasteiger partial charge is 0.354 e. The minimum Gasteiger partial charge on any atom is -0.362 e. The van der Waals surface area contributed by atoms with Gasteiger partial charge in [-0.3, -0.25) is 25.8 Å². The van der Waals surface area contributed by atoms with Gasteiger partial charge < -0.3 is 5.32 Å². The SMILES string of the molecule is CCC(C)Nc1ncnc(NNC(=O)c2ccccc2F)c1[N+](=O)[O-]. The standard InChI is InChI=1S/C15H17FN6O3/c1-3-9(2)19-13-12(22(24)25)14(18-8-17-13)20-21-15(23)10-6-4-5-7-11(10)16/h4-9H,3H2,1-2H3,(H,21,23)(H2,17,18,19,20). The molecule has 0 aliphatic heterocycles. The Morgan fingerprint density at radius 1 is 1.32 bits per heavy atom. The number of hydrazine groups is 1. The number of aromatic nitrogens is 2. The highest BCUT2D eigenvalue weighted by Gasteiger charge is 2.24. The number of carbonyl (C=O) groups is 1. The lowest BCUT2D eigenvalue weighted by Gasteiger charge is -2.14. The summed E-state index contributed by atoms with van der Waals surface area (Å²) in [6.07, 6.45) is 1.85. The number of hydrogen-bond acceptors (Lipinski definition) is 7. The highest BCUT2D eigenvalue weighted by Crippen LogP contribution is 2.29. The molecule has 0 bridgehead atoms. The molecule has 1 aromatic heterocycles. The van der Waals surface area contributed by atoms with Crippen LogP contribution >= 0.6 is 0 Å². The number of halogens is 1. The van der Waals surface area contributed by atoms with E-state index in [0.717, 1.165) is 18.8 Å². The van der Waals surface area contributed by atoms with Crippen LogP contribution in [0.25, 0.3) is 0 Å². The fourth-order valence-corrected chi connectivity index (χ4v) is 1.91. The lowest BCUT2D eigenvalue weighted by Crippen LogP contribution is -2.31. The molecular formula is C15H17FN6O3. The molecule has 1 atom stereocenters. The number of nitrogens with zero attached hydrogens (tertiary/aromatic N) is 3. The van der Waals surface area contributed by atoms with E-state index in [1.54, 1.807) is 0 Å². The van der Waals surface area contributed by atoms with Crippen LogP contribution in [0.2, 0.25) is 0 Å². The zero-order valence-corrected chi connectivity index (χ0v) is 13.6. The van der Waals surface area contributed by atoms with Crippen molar-refractivity contribution in [2.45, 2.75) is 26.3 Å². The number of nitro groups is 1. The summed E-state index contributed by atoms with van der Waals surface area (Å²) in [5, 5.41) is 14.3. The molecule has 9 nitrogen and oxygen atoms in total. The van der Waals surface area contributed by atoms with Gasteiger partial charge in [0.1, 0.15) is 12.1 Å². The van der Waals surface area contributed by atoms with Crippen LogP contribution in [0.3, 0.4) is 0 Å². The summed E-state index contributed by atoms with van der Waals surface area (Å²) in [7, 11) is 0. The third-order valence-electron chi connectivity index (χ3n) is 3.41. The molecular weight excluding hydrogens is 331 g/mol. The quantitative estimate of drug-likeness (QED) is 0.519. The fourth-order valence-electron chi connectivity index (χ4n) is 1.91. The lowest BCUT2D eigenvalue weighted by atomic mass is 10.2. The monoisotopic (exact) mass is 348 g/mol. The van der Waals surface area contributed by atoms with Crippen LogP contribution in [0, 0.1) is 15.9 Å². The number of hydrogen-bond donors (Lipinski definition) is 3. The molecule has 0 radical (unpaired) electrons. The molecule has 10 heteroatoms. The predicted octanol–water partition coefficient (Wildman–Crippen LogP) is 2.49. The van der Waals surface area contributed by atoms with Crippen molar-refractivity contribution in [3.63, 3.8) is 0 Å². The van der Waals surface area contributed by atoms with Crippen LogP contribution in [0.4, 0.5) is 21.7 Å². The Hall–Kier alpha value is -3.30. The predicted molar refractivity (Wildman–Crippen MR) is 89.6 cm³/mol. The van der Waals surface area contributed by atoms with E-state index in [1.165, 1.54) is 18.2 Å². The molecule has 1 amide bonds. The topological polar surface area (TPSA) is 122 Å². The Morgan fingerprint density at radius 2 is 2.00 bits per heavy atom. The van der Waals surface area contributed by atoms with Gasteiger partial charge in [-0.1, -0.05) is 19.1 Å². The molecule has 0 spiro atoms. The Morgan fingerprint density at radius 3 is 2.64 bits per heavy atom. The molecule has 0 saturated heterocycles. The Kier molecular flexibility index (Phi) is 5.77.